The van der Waals surface area contributed by atoms with E-state index in [1.54, 1.807) is 0 Å². The van der Waals surface area contributed by atoms with Gasteiger partial charge in [0.1, 0.15) is 0 Å². The van der Waals surface area contributed by atoms with E-state index >= 15 is 0 Å². The summed E-state index contributed by atoms with van der Waals surface area (Å²) < 4.78 is 0.227. The summed E-state index contributed by atoms with van der Waals surface area (Å²) in [6, 6.07) is 10.7. The smallest absolute Gasteiger partial charge is 0.193 e. The number of nitrogens with zero attached hydrogens (tertiary/aromatic N) is 3. The molecule has 128 valence electrons. The van der Waals surface area contributed by atoms with Crippen LogP contribution >= 0.6 is 11.8 Å². The van der Waals surface area contributed by atoms with E-state index in [9.17, 15) is 0 Å². The molecule has 0 atom stereocenters. The van der Waals surface area contributed by atoms with Gasteiger partial charge in [0.25, 0.3) is 0 Å². The first-order valence-corrected chi connectivity index (χ1v) is 9.53. The van der Waals surface area contributed by atoms with Crippen molar-refractivity contribution in [3.63, 3.8) is 0 Å². The predicted molar refractivity (Wildman–Crippen MR) is 102 cm³/mol. The van der Waals surface area contributed by atoms with Gasteiger partial charge in [-0.25, -0.2) is 0 Å². The van der Waals surface area contributed by atoms with E-state index in [0.717, 1.165) is 45.2 Å². The molecule has 1 aliphatic rings. The summed E-state index contributed by atoms with van der Waals surface area (Å²) in [6.07, 6.45) is 2.16. The quantitative estimate of drug-likeness (QED) is 0.662. The van der Waals surface area contributed by atoms with Crippen molar-refractivity contribution < 1.29 is 0 Å². The molecule has 1 aromatic carbocycles. The zero-order valence-corrected chi connectivity index (χ0v) is 15.7. The number of hydrogen-bond acceptors (Lipinski definition) is 3. The summed E-state index contributed by atoms with van der Waals surface area (Å²) in [5, 5.41) is 3.53. The lowest BCUT2D eigenvalue weighted by Crippen LogP contribution is -2.53. The molecule has 23 heavy (non-hydrogen) atoms. The SMILES string of the molecule is CN=C(NCC(C)(C)SC)N1CCN(Cc2ccccc2)CC1. The third kappa shape index (κ3) is 5.74. The zero-order chi connectivity index (χ0) is 16.7. The lowest BCUT2D eigenvalue weighted by molar-refractivity contribution is 0.172. The first kappa shape index (κ1) is 18.1. The maximum Gasteiger partial charge on any atom is 0.193 e. The second kappa shape index (κ2) is 8.60. The van der Waals surface area contributed by atoms with Crippen molar-refractivity contribution in [2.45, 2.75) is 25.1 Å². The van der Waals surface area contributed by atoms with Gasteiger partial charge in [0, 0.05) is 51.1 Å². The molecule has 0 aliphatic carbocycles. The minimum absolute atomic E-state index is 0.227. The van der Waals surface area contributed by atoms with Crippen molar-refractivity contribution in [1.82, 2.24) is 15.1 Å². The largest absolute Gasteiger partial charge is 0.355 e. The number of thioether (sulfide) groups is 1. The van der Waals surface area contributed by atoms with Gasteiger partial charge in [-0.3, -0.25) is 9.89 Å². The molecule has 0 radical (unpaired) electrons. The predicted octanol–water partition coefficient (Wildman–Crippen LogP) is 2.52. The van der Waals surface area contributed by atoms with Crippen LogP contribution in [0.25, 0.3) is 0 Å². The average Bonchev–Trinajstić information content (AvgIpc) is 2.58. The molecule has 1 N–H and O–H groups in total. The normalized spacial score (nSPS) is 17.4. The maximum absolute atomic E-state index is 4.46. The molecule has 1 saturated heterocycles. The third-order valence-electron chi connectivity index (χ3n) is 4.36. The minimum Gasteiger partial charge on any atom is -0.355 e. The Balaban J connectivity index is 1.80. The van der Waals surface area contributed by atoms with Crippen molar-refractivity contribution in [2.75, 3.05) is 46.0 Å². The van der Waals surface area contributed by atoms with E-state index in [1.807, 2.05) is 18.8 Å². The number of rotatable bonds is 5. The highest BCUT2D eigenvalue weighted by molar-refractivity contribution is 7.99. The number of hydrogen-bond donors (Lipinski definition) is 1. The van der Waals surface area contributed by atoms with E-state index in [1.165, 1.54) is 5.56 Å². The average molecular weight is 335 g/mol. The second-order valence-corrected chi connectivity index (χ2v) is 8.13. The fraction of sp³-hybridized carbons (Fsp3) is 0.611. The zero-order valence-electron chi connectivity index (χ0n) is 14.9. The molecule has 1 heterocycles. The molecule has 0 bridgehead atoms. The van der Waals surface area contributed by atoms with E-state index in [-0.39, 0.29) is 4.75 Å². The van der Waals surface area contributed by atoms with Gasteiger partial charge in [0.15, 0.2) is 5.96 Å². The molecular formula is C18H30N4S. The Morgan fingerprint density at radius 2 is 1.83 bits per heavy atom. The molecule has 1 aliphatic heterocycles. The fourth-order valence-electron chi connectivity index (χ4n) is 2.66. The Morgan fingerprint density at radius 1 is 1.17 bits per heavy atom. The van der Waals surface area contributed by atoms with Crippen LogP contribution in [-0.2, 0) is 6.54 Å². The van der Waals surface area contributed by atoms with Crippen molar-refractivity contribution in [3.05, 3.63) is 35.9 Å². The first-order chi connectivity index (χ1) is 11.0. The number of guanidine groups is 1. The molecule has 0 saturated carbocycles. The summed E-state index contributed by atoms with van der Waals surface area (Å²) in [5.74, 6) is 1.03. The van der Waals surface area contributed by atoms with Crippen LogP contribution in [0.15, 0.2) is 35.3 Å². The molecule has 5 heteroatoms. The lowest BCUT2D eigenvalue weighted by atomic mass is 10.2. The fourth-order valence-corrected chi connectivity index (χ4v) is 2.87. The highest BCUT2D eigenvalue weighted by atomic mass is 32.2. The Bertz CT molecular complexity index is 493. The van der Waals surface area contributed by atoms with E-state index in [4.69, 9.17) is 0 Å². The summed E-state index contributed by atoms with van der Waals surface area (Å²) in [4.78, 5) is 9.35. The van der Waals surface area contributed by atoms with E-state index < -0.39 is 0 Å². The van der Waals surface area contributed by atoms with Gasteiger partial charge >= 0.3 is 0 Å². The molecule has 0 unspecified atom stereocenters. The van der Waals surface area contributed by atoms with Gasteiger partial charge in [-0.1, -0.05) is 30.3 Å². The lowest BCUT2D eigenvalue weighted by Gasteiger charge is -2.37. The van der Waals surface area contributed by atoms with Crippen molar-refractivity contribution in [3.8, 4) is 0 Å². The van der Waals surface area contributed by atoms with Crippen molar-refractivity contribution >= 4 is 17.7 Å². The molecule has 2 rings (SSSR count). The van der Waals surface area contributed by atoms with Gasteiger partial charge in [0.05, 0.1) is 0 Å². The molecule has 1 aromatic rings. The summed E-state index contributed by atoms with van der Waals surface area (Å²) >= 11 is 1.88. The highest BCUT2D eigenvalue weighted by Gasteiger charge is 2.22. The Kier molecular flexibility index (Phi) is 6.78. The standard InChI is InChI=1S/C18H30N4S/c1-18(2,23-4)15-20-17(19-3)22-12-10-21(11-13-22)14-16-8-6-5-7-9-16/h5-9H,10-15H2,1-4H3,(H,19,20). The van der Waals surface area contributed by atoms with Crippen molar-refractivity contribution in [2.24, 2.45) is 4.99 Å². The molecule has 0 spiro atoms. The summed E-state index contributed by atoms with van der Waals surface area (Å²) in [5.41, 5.74) is 1.39. The van der Waals surface area contributed by atoms with Gasteiger partial charge in [-0.2, -0.15) is 11.8 Å². The van der Waals surface area contributed by atoms with Crippen LogP contribution in [-0.4, -0.2) is 66.5 Å². The van der Waals surface area contributed by atoms with Crippen LogP contribution < -0.4 is 5.32 Å². The van der Waals surface area contributed by atoms with Crippen LogP contribution in [0.4, 0.5) is 0 Å². The Morgan fingerprint density at radius 3 is 2.39 bits per heavy atom. The minimum atomic E-state index is 0.227. The third-order valence-corrected chi connectivity index (χ3v) is 5.61. The van der Waals surface area contributed by atoms with Crippen LogP contribution in [0.1, 0.15) is 19.4 Å². The maximum atomic E-state index is 4.46. The molecular weight excluding hydrogens is 304 g/mol. The number of aliphatic imine (C=N–C) groups is 1. The van der Waals surface area contributed by atoms with Gasteiger partial charge in [-0.15, -0.1) is 0 Å². The summed E-state index contributed by atoms with van der Waals surface area (Å²) in [6.45, 7) is 10.7. The number of piperazine rings is 1. The van der Waals surface area contributed by atoms with Crippen LogP contribution in [0.2, 0.25) is 0 Å². The van der Waals surface area contributed by atoms with Crippen LogP contribution in [0.3, 0.4) is 0 Å². The first-order valence-electron chi connectivity index (χ1n) is 8.31. The second-order valence-electron chi connectivity index (χ2n) is 6.61. The Labute approximate surface area is 145 Å². The number of benzene rings is 1. The van der Waals surface area contributed by atoms with Crippen LogP contribution in [0, 0.1) is 0 Å². The molecule has 0 aromatic heterocycles. The van der Waals surface area contributed by atoms with Gasteiger partial charge in [-0.05, 0) is 25.7 Å². The summed E-state index contributed by atoms with van der Waals surface area (Å²) in [7, 11) is 1.88. The highest BCUT2D eigenvalue weighted by Crippen LogP contribution is 2.19. The van der Waals surface area contributed by atoms with Crippen LogP contribution in [0.5, 0.6) is 0 Å². The van der Waals surface area contributed by atoms with E-state index in [0.29, 0.717) is 0 Å². The van der Waals surface area contributed by atoms with Gasteiger partial charge in [0.2, 0.25) is 0 Å². The molecule has 4 nitrogen and oxygen atoms in total. The number of nitrogens with one attached hydrogen (secondary N) is 1. The van der Waals surface area contributed by atoms with E-state index in [2.05, 4.69) is 70.5 Å². The van der Waals surface area contributed by atoms with Crippen molar-refractivity contribution in [1.29, 1.82) is 0 Å². The Hall–Kier alpha value is -1.20. The topological polar surface area (TPSA) is 30.9 Å². The molecule has 0 amide bonds. The monoisotopic (exact) mass is 334 g/mol. The van der Waals surface area contributed by atoms with Gasteiger partial charge < -0.3 is 10.2 Å². The molecule has 1 fully saturated rings.